The molecule has 0 saturated heterocycles. The van der Waals surface area contributed by atoms with Crippen molar-refractivity contribution in [3.63, 3.8) is 0 Å². The number of carbonyl (C=O) groups excluding carboxylic acids is 1. The minimum atomic E-state index is -0.450. The smallest absolute Gasteiger partial charge is 0.291 e. The van der Waals surface area contributed by atoms with E-state index in [1.54, 1.807) is 18.3 Å². The van der Waals surface area contributed by atoms with Gasteiger partial charge in [-0.05, 0) is 60.7 Å². The van der Waals surface area contributed by atoms with Crippen molar-refractivity contribution in [3.8, 4) is 5.69 Å². The molecule has 0 aliphatic heterocycles. The number of benzene rings is 1. The van der Waals surface area contributed by atoms with Gasteiger partial charge >= 0.3 is 0 Å². The molecule has 4 rings (SSSR count). The molecule has 29 heavy (non-hydrogen) atoms. The average Bonchev–Trinajstić information content (AvgIpc) is 3.37. The van der Waals surface area contributed by atoms with Gasteiger partial charge in [0.2, 0.25) is 0 Å². The molecule has 0 radical (unpaired) electrons. The van der Waals surface area contributed by atoms with Gasteiger partial charge < -0.3 is 9.73 Å². The van der Waals surface area contributed by atoms with E-state index in [-0.39, 0.29) is 11.4 Å². The third-order valence-corrected chi connectivity index (χ3v) is 4.62. The molecule has 0 fully saturated rings. The van der Waals surface area contributed by atoms with Crippen LogP contribution in [0, 0.1) is 11.7 Å². The van der Waals surface area contributed by atoms with Crippen molar-refractivity contribution in [2.45, 2.75) is 26.7 Å². The number of amides is 1. The van der Waals surface area contributed by atoms with E-state index >= 15 is 0 Å². The number of hydrogen-bond acceptors (Lipinski definition) is 4. The normalized spacial score (nSPS) is 11.3. The number of furan rings is 1. The van der Waals surface area contributed by atoms with Crippen LogP contribution in [-0.2, 0) is 6.42 Å². The number of aromatic nitrogens is 3. The second-order valence-electron chi connectivity index (χ2n) is 7.36. The first-order valence-electron chi connectivity index (χ1n) is 9.48. The van der Waals surface area contributed by atoms with E-state index in [0.717, 1.165) is 23.8 Å². The summed E-state index contributed by atoms with van der Waals surface area (Å²) in [6.07, 6.45) is 7.00. The molecule has 0 spiro atoms. The van der Waals surface area contributed by atoms with E-state index in [1.807, 2.05) is 12.3 Å². The molecule has 6 nitrogen and oxygen atoms in total. The maximum absolute atomic E-state index is 14.5. The Labute approximate surface area is 167 Å². The number of anilines is 1. The molecule has 1 amide bonds. The second-order valence-corrected chi connectivity index (χ2v) is 7.36. The van der Waals surface area contributed by atoms with Crippen molar-refractivity contribution in [3.05, 3.63) is 72.2 Å². The number of halogens is 1. The largest absolute Gasteiger partial charge is 0.459 e. The molecule has 0 bridgehead atoms. The quantitative estimate of drug-likeness (QED) is 0.501. The first-order valence-corrected chi connectivity index (χ1v) is 9.48. The fourth-order valence-electron chi connectivity index (χ4n) is 3.04. The van der Waals surface area contributed by atoms with E-state index in [1.165, 1.54) is 29.1 Å². The van der Waals surface area contributed by atoms with Crippen LogP contribution in [0.4, 0.5) is 10.1 Å². The summed E-state index contributed by atoms with van der Waals surface area (Å²) in [4.78, 5) is 16.6. The monoisotopic (exact) mass is 392 g/mol. The van der Waals surface area contributed by atoms with Gasteiger partial charge in [-0.2, -0.15) is 0 Å². The number of nitrogens with zero attached hydrogens (tertiary/aromatic N) is 3. The van der Waals surface area contributed by atoms with Crippen molar-refractivity contribution in [2.75, 3.05) is 5.32 Å². The molecule has 1 N–H and O–H groups in total. The number of rotatable bonds is 6. The zero-order valence-corrected chi connectivity index (χ0v) is 16.2. The average molecular weight is 392 g/mol. The maximum Gasteiger partial charge on any atom is 0.291 e. The van der Waals surface area contributed by atoms with Crippen LogP contribution >= 0.6 is 0 Å². The minimum Gasteiger partial charge on any atom is -0.459 e. The Hall–Kier alpha value is -3.48. The summed E-state index contributed by atoms with van der Waals surface area (Å²) in [7, 11) is 0. The van der Waals surface area contributed by atoms with Crippen molar-refractivity contribution in [1.29, 1.82) is 0 Å². The summed E-state index contributed by atoms with van der Waals surface area (Å²) in [5, 5.41) is 7.92. The Balaban J connectivity index is 1.61. The van der Waals surface area contributed by atoms with E-state index in [9.17, 15) is 9.18 Å². The van der Waals surface area contributed by atoms with Gasteiger partial charge in [-0.25, -0.2) is 14.1 Å². The molecule has 3 aromatic heterocycles. The standard InChI is InChI=1S/C22H21FN4O2/c1-14(2)5-6-15-10-16-13-27(26-21(16)24-12-15)19-11-17(7-8-18(19)23)25-22(28)20-4-3-9-29-20/h3-4,7-14H,5-6H2,1-2H3,(H,25,28). The summed E-state index contributed by atoms with van der Waals surface area (Å²) in [6, 6.07) is 9.54. The molecule has 0 unspecified atom stereocenters. The number of hydrogen-bond donors (Lipinski definition) is 1. The number of nitrogens with one attached hydrogen (secondary N) is 1. The lowest BCUT2D eigenvalue weighted by Gasteiger charge is -2.07. The van der Waals surface area contributed by atoms with E-state index in [2.05, 4.69) is 29.2 Å². The van der Waals surface area contributed by atoms with Crippen LogP contribution in [0.3, 0.4) is 0 Å². The fourth-order valence-corrected chi connectivity index (χ4v) is 3.04. The Morgan fingerprint density at radius 3 is 2.90 bits per heavy atom. The number of aryl methyl sites for hydroxylation is 1. The predicted octanol–water partition coefficient (Wildman–Crippen LogP) is 4.99. The van der Waals surface area contributed by atoms with Crippen LogP contribution in [0.1, 0.15) is 36.4 Å². The Bertz CT molecular complexity index is 1150. The van der Waals surface area contributed by atoms with Gasteiger partial charge in [0.05, 0.1) is 6.26 Å². The van der Waals surface area contributed by atoms with Crippen molar-refractivity contribution >= 4 is 22.6 Å². The topological polar surface area (TPSA) is 73.0 Å². The lowest BCUT2D eigenvalue weighted by molar-refractivity contribution is 0.0996. The van der Waals surface area contributed by atoms with Crippen molar-refractivity contribution < 1.29 is 13.6 Å². The zero-order valence-electron chi connectivity index (χ0n) is 16.2. The highest BCUT2D eigenvalue weighted by atomic mass is 19.1. The van der Waals surface area contributed by atoms with Gasteiger partial charge in [0.25, 0.3) is 5.91 Å². The van der Waals surface area contributed by atoms with Gasteiger partial charge in [-0.3, -0.25) is 4.79 Å². The number of carbonyl (C=O) groups is 1. The van der Waals surface area contributed by atoms with Crippen molar-refractivity contribution in [1.82, 2.24) is 14.8 Å². The van der Waals surface area contributed by atoms with Crippen molar-refractivity contribution in [2.24, 2.45) is 5.92 Å². The highest BCUT2D eigenvalue weighted by molar-refractivity contribution is 6.02. The van der Waals surface area contributed by atoms with Crippen LogP contribution in [0.5, 0.6) is 0 Å². The minimum absolute atomic E-state index is 0.179. The summed E-state index contributed by atoms with van der Waals surface area (Å²) < 4.78 is 21.0. The zero-order chi connectivity index (χ0) is 20.4. The third-order valence-electron chi connectivity index (χ3n) is 4.62. The van der Waals surface area contributed by atoms with Gasteiger partial charge in [-0.15, -0.1) is 5.10 Å². The van der Waals surface area contributed by atoms with E-state index in [4.69, 9.17) is 4.42 Å². The number of fused-ring (bicyclic) bond motifs is 1. The Kier molecular flexibility index (Phi) is 5.12. The summed E-state index contributed by atoms with van der Waals surface area (Å²) in [6.45, 7) is 4.37. The van der Waals surface area contributed by atoms with E-state index < -0.39 is 11.7 Å². The molecule has 4 aromatic rings. The molecule has 0 saturated carbocycles. The molecule has 0 aliphatic carbocycles. The molecule has 1 aromatic carbocycles. The SMILES string of the molecule is CC(C)CCc1cnc2nn(-c3cc(NC(=O)c4ccco4)ccc3F)cc2c1. The molecule has 7 heteroatoms. The van der Waals surface area contributed by atoms with Crippen LogP contribution < -0.4 is 5.32 Å². The Morgan fingerprint density at radius 2 is 2.14 bits per heavy atom. The first-order chi connectivity index (χ1) is 14.0. The van der Waals surface area contributed by atoms with Gasteiger partial charge in [0, 0.05) is 23.5 Å². The van der Waals surface area contributed by atoms with Gasteiger partial charge in [0.1, 0.15) is 11.5 Å². The highest BCUT2D eigenvalue weighted by Gasteiger charge is 2.13. The van der Waals surface area contributed by atoms with Gasteiger partial charge in [-0.1, -0.05) is 13.8 Å². The molecule has 3 heterocycles. The fraction of sp³-hybridized carbons (Fsp3) is 0.227. The first kappa shape index (κ1) is 18.9. The van der Waals surface area contributed by atoms with Crippen LogP contribution in [0.2, 0.25) is 0 Å². The second kappa shape index (κ2) is 7.87. The summed E-state index contributed by atoms with van der Waals surface area (Å²) >= 11 is 0. The third kappa shape index (κ3) is 4.18. The van der Waals surface area contributed by atoms with Crippen LogP contribution in [0.25, 0.3) is 16.7 Å². The maximum atomic E-state index is 14.5. The lowest BCUT2D eigenvalue weighted by atomic mass is 10.0. The molecule has 0 aliphatic rings. The van der Waals surface area contributed by atoms with E-state index in [0.29, 0.717) is 17.3 Å². The summed E-state index contributed by atoms with van der Waals surface area (Å²) in [5.74, 6) is -0.0658. The molecular formula is C22H21FN4O2. The molecule has 148 valence electrons. The molecular weight excluding hydrogens is 371 g/mol. The number of pyridine rings is 1. The summed E-state index contributed by atoms with van der Waals surface area (Å²) in [5.41, 5.74) is 2.34. The van der Waals surface area contributed by atoms with Crippen LogP contribution in [-0.4, -0.2) is 20.7 Å². The van der Waals surface area contributed by atoms with Gasteiger partial charge in [0.15, 0.2) is 11.4 Å². The lowest BCUT2D eigenvalue weighted by Crippen LogP contribution is -2.11. The predicted molar refractivity (Wildman–Crippen MR) is 109 cm³/mol. The molecule has 0 atom stereocenters. The Morgan fingerprint density at radius 1 is 1.28 bits per heavy atom. The van der Waals surface area contributed by atoms with Crippen LogP contribution in [0.15, 0.2) is 59.5 Å². The highest BCUT2D eigenvalue weighted by Crippen LogP contribution is 2.22.